The highest BCUT2D eigenvalue weighted by Gasteiger charge is 2.40. The van der Waals surface area contributed by atoms with Gasteiger partial charge in [0.25, 0.3) is 5.91 Å². The predicted octanol–water partition coefficient (Wildman–Crippen LogP) is 5.70. The largest absolute Gasteiger partial charge is 0.451 e. The van der Waals surface area contributed by atoms with E-state index in [1.165, 1.54) is 30.3 Å². The van der Waals surface area contributed by atoms with Crippen molar-refractivity contribution in [2.75, 3.05) is 36.5 Å². The van der Waals surface area contributed by atoms with Gasteiger partial charge in [-0.15, -0.1) is 0 Å². The Bertz CT molecular complexity index is 1540. The van der Waals surface area contributed by atoms with Crippen LogP contribution < -0.4 is 16.0 Å². The Hall–Kier alpha value is -3.74. The van der Waals surface area contributed by atoms with E-state index < -0.39 is 29.2 Å². The van der Waals surface area contributed by atoms with E-state index in [4.69, 9.17) is 32.4 Å². The number of furan rings is 1. The van der Waals surface area contributed by atoms with Crippen LogP contribution in [0, 0.1) is 0 Å². The number of halogens is 5. The van der Waals surface area contributed by atoms with Gasteiger partial charge in [0.15, 0.2) is 5.82 Å². The number of hydrogen-bond acceptors (Lipinski definition) is 7. The van der Waals surface area contributed by atoms with Crippen LogP contribution in [0.25, 0.3) is 22.7 Å². The molecule has 0 saturated carbocycles. The number of ether oxygens (including phenoxy) is 1. The molecule has 1 amide bonds. The van der Waals surface area contributed by atoms with Crippen LogP contribution in [0.3, 0.4) is 0 Å². The molecule has 0 spiro atoms. The Morgan fingerprint density at radius 2 is 1.79 bits per heavy atom. The van der Waals surface area contributed by atoms with E-state index >= 15 is 0 Å². The molecule has 5 rings (SSSR count). The summed E-state index contributed by atoms with van der Waals surface area (Å²) in [6.07, 6.45) is -4.96. The van der Waals surface area contributed by atoms with Crippen molar-refractivity contribution in [2.45, 2.75) is 6.18 Å². The van der Waals surface area contributed by atoms with Gasteiger partial charge in [0.05, 0.1) is 35.2 Å². The number of aromatic amines is 1. The summed E-state index contributed by atoms with van der Waals surface area (Å²) < 4.78 is 56.5. The minimum absolute atomic E-state index is 0.0103. The van der Waals surface area contributed by atoms with Gasteiger partial charge in [-0.2, -0.15) is 13.2 Å². The Balaban J connectivity index is 1.55. The zero-order chi connectivity index (χ0) is 27.0. The van der Waals surface area contributed by atoms with Gasteiger partial charge in [0, 0.05) is 29.2 Å². The Morgan fingerprint density at radius 3 is 2.42 bits per heavy atom. The summed E-state index contributed by atoms with van der Waals surface area (Å²) in [5.41, 5.74) is 0.248. The van der Waals surface area contributed by atoms with Gasteiger partial charge < -0.3 is 19.4 Å². The second kappa shape index (κ2) is 10.2. The molecule has 1 aliphatic heterocycles. The second-order valence-corrected chi connectivity index (χ2v) is 9.05. The first kappa shape index (κ1) is 25.9. The normalized spacial score (nSPS) is 14.1. The maximum atomic E-state index is 13.8. The fourth-order valence-electron chi connectivity index (χ4n) is 3.97. The number of benzene rings is 2. The summed E-state index contributed by atoms with van der Waals surface area (Å²) in [4.78, 5) is 29.1. The highest BCUT2D eigenvalue weighted by Crippen LogP contribution is 2.40. The number of morpholine rings is 1. The van der Waals surface area contributed by atoms with E-state index in [0.29, 0.717) is 37.0 Å². The molecule has 1 fully saturated rings. The average Bonchev–Trinajstić information content (AvgIpc) is 3.52. The molecule has 14 heteroatoms. The molecule has 0 radical (unpaired) electrons. The Labute approximate surface area is 222 Å². The van der Waals surface area contributed by atoms with Crippen molar-refractivity contribution in [2.24, 2.45) is 0 Å². The maximum absolute atomic E-state index is 13.8. The van der Waals surface area contributed by atoms with Gasteiger partial charge in [0.1, 0.15) is 5.76 Å². The molecule has 2 aromatic heterocycles. The first-order chi connectivity index (χ1) is 18.1. The molecule has 198 valence electrons. The number of carbonyl (C=O) groups is 1. The first-order valence-corrected chi connectivity index (χ1v) is 11.9. The monoisotopic (exact) mass is 568 g/mol. The van der Waals surface area contributed by atoms with E-state index in [2.05, 4.69) is 20.0 Å². The van der Waals surface area contributed by atoms with E-state index in [-0.39, 0.29) is 33.4 Å². The molecule has 0 aliphatic carbocycles. The number of anilines is 2. The van der Waals surface area contributed by atoms with Crippen LogP contribution in [0.2, 0.25) is 10.0 Å². The average molecular weight is 569 g/mol. The predicted molar refractivity (Wildman–Crippen MR) is 133 cm³/mol. The van der Waals surface area contributed by atoms with Crippen molar-refractivity contribution in [3.8, 4) is 22.7 Å². The minimum atomic E-state index is -4.96. The topological polar surface area (TPSA) is 114 Å². The van der Waals surface area contributed by atoms with Crippen molar-refractivity contribution in [1.82, 2.24) is 10.1 Å². The van der Waals surface area contributed by atoms with Crippen LogP contribution in [0.1, 0.15) is 16.1 Å². The van der Waals surface area contributed by atoms with E-state index in [9.17, 15) is 22.8 Å². The summed E-state index contributed by atoms with van der Waals surface area (Å²) in [5.74, 6) is -3.69. The van der Waals surface area contributed by atoms with E-state index in [1.54, 1.807) is 6.07 Å². The maximum Gasteiger partial charge on any atom is 0.450 e. The van der Waals surface area contributed by atoms with Gasteiger partial charge in [-0.25, -0.2) is 4.79 Å². The van der Waals surface area contributed by atoms with Crippen LogP contribution in [-0.4, -0.2) is 42.4 Å². The fraction of sp³-hybridized carbons (Fsp3) is 0.208. The number of rotatable bonds is 5. The van der Waals surface area contributed by atoms with Crippen LogP contribution in [-0.2, 0) is 10.9 Å². The van der Waals surface area contributed by atoms with Gasteiger partial charge in [-0.05, 0) is 42.5 Å². The second-order valence-electron chi connectivity index (χ2n) is 8.20. The third-order valence-corrected chi connectivity index (χ3v) is 6.30. The number of H-pyrrole nitrogens is 1. The minimum Gasteiger partial charge on any atom is -0.451 e. The molecule has 0 atom stereocenters. The zero-order valence-corrected chi connectivity index (χ0v) is 20.7. The Kier molecular flexibility index (Phi) is 6.95. The lowest BCUT2D eigenvalue weighted by Crippen LogP contribution is -2.36. The summed E-state index contributed by atoms with van der Waals surface area (Å²) in [5, 5.41) is 6.69. The molecule has 9 nitrogen and oxygen atoms in total. The molecule has 0 bridgehead atoms. The molecule has 2 N–H and O–H groups in total. The number of hydrogen-bond donors (Lipinski definition) is 2. The first-order valence-electron chi connectivity index (χ1n) is 11.1. The van der Waals surface area contributed by atoms with Crippen molar-refractivity contribution in [1.29, 1.82) is 0 Å². The highest BCUT2D eigenvalue weighted by atomic mass is 35.5. The molecular formula is C24H17Cl2F3N4O5. The van der Waals surface area contributed by atoms with Gasteiger partial charge in [0.2, 0.25) is 5.76 Å². The van der Waals surface area contributed by atoms with Crippen molar-refractivity contribution >= 4 is 40.5 Å². The zero-order valence-electron chi connectivity index (χ0n) is 19.2. The smallest absolute Gasteiger partial charge is 0.450 e. The number of alkyl halides is 3. The van der Waals surface area contributed by atoms with Gasteiger partial charge >= 0.3 is 11.9 Å². The third-order valence-electron chi connectivity index (χ3n) is 5.75. The highest BCUT2D eigenvalue weighted by molar-refractivity contribution is 6.34. The summed E-state index contributed by atoms with van der Waals surface area (Å²) in [6, 6.07) is 9.79. The van der Waals surface area contributed by atoms with Crippen LogP contribution >= 0.6 is 23.2 Å². The van der Waals surface area contributed by atoms with Crippen molar-refractivity contribution in [3.63, 3.8) is 0 Å². The van der Waals surface area contributed by atoms with Crippen molar-refractivity contribution < 1.29 is 31.6 Å². The number of nitrogens with zero attached hydrogens (tertiary/aromatic N) is 2. The summed E-state index contributed by atoms with van der Waals surface area (Å²) in [6.45, 7) is 1.97. The van der Waals surface area contributed by atoms with Crippen LogP contribution in [0.15, 0.2) is 56.2 Å². The number of amides is 1. The number of aromatic nitrogens is 2. The SMILES string of the molecule is O=C(Nc1cc(Cl)c(N2CCOCC2)cc1-c1noc(=O)[nH]1)c1cc(-c2ccc(Cl)cc2)oc1C(F)(F)F. The van der Waals surface area contributed by atoms with Crippen molar-refractivity contribution in [3.05, 3.63) is 74.4 Å². The van der Waals surface area contributed by atoms with Crippen LogP contribution in [0.5, 0.6) is 0 Å². The molecule has 4 aromatic rings. The molecule has 3 heterocycles. The van der Waals surface area contributed by atoms with Gasteiger partial charge in [-0.1, -0.05) is 28.4 Å². The standard InChI is InChI=1S/C24H17Cl2F3N4O5/c25-13-3-1-12(2-4-13)19-10-15(20(37-19)24(27,28)29)22(34)30-17-11-16(26)18(33-5-7-36-8-6-33)9-14(17)21-31-23(35)38-32-21/h1-4,9-11H,5-8H2,(H,30,34)(H,31,32,35). The summed E-state index contributed by atoms with van der Waals surface area (Å²) in [7, 11) is 0. The van der Waals surface area contributed by atoms with Gasteiger partial charge in [-0.3, -0.25) is 14.3 Å². The molecule has 2 aromatic carbocycles. The lowest BCUT2D eigenvalue weighted by atomic mass is 10.1. The fourth-order valence-corrected chi connectivity index (χ4v) is 4.38. The van der Waals surface area contributed by atoms with Crippen LogP contribution in [0.4, 0.5) is 24.5 Å². The number of carbonyl (C=O) groups excluding carboxylic acids is 1. The number of nitrogens with one attached hydrogen (secondary N) is 2. The van der Waals surface area contributed by atoms with E-state index in [1.807, 2.05) is 4.90 Å². The molecular weight excluding hydrogens is 552 g/mol. The Morgan fingerprint density at radius 1 is 1.08 bits per heavy atom. The lowest BCUT2D eigenvalue weighted by Gasteiger charge is -2.30. The van der Waals surface area contributed by atoms with E-state index in [0.717, 1.165) is 6.07 Å². The molecule has 38 heavy (non-hydrogen) atoms. The molecule has 1 aliphatic rings. The molecule has 0 unspecified atom stereocenters. The third kappa shape index (κ3) is 5.28. The quantitative estimate of drug-likeness (QED) is 0.317. The summed E-state index contributed by atoms with van der Waals surface area (Å²) >= 11 is 12.4. The molecule has 1 saturated heterocycles. The lowest BCUT2D eigenvalue weighted by molar-refractivity contribution is -0.153.